The van der Waals surface area contributed by atoms with Gasteiger partial charge in [-0.1, -0.05) is 82.7 Å². The highest BCUT2D eigenvalue weighted by Crippen LogP contribution is 2.25. The molecular formula is C28H48N6O. The van der Waals surface area contributed by atoms with Crippen molar-refractivity contribution in [3.05, 3.63) is 59.2 Å². The van der Waals surface area contributed by atoms with Crippen LogP contribution in [0.25, 0.3) is 0 Å². The minimum atomic E-state index is 0.0561. The fourth-order valence-electron chi connectivity index (χ4n) is 3.55. The first kappa shape index (κ1) is 32.2. The Balaban J connectivity index is 0.000000503. The van der Waals surface area contributed by atoms with Gasteiger partial charge in [-0.3, -0.25) is 10.2 Å². The van der Waals surface area contributed by atoms with Crippen LogP contribution in [0.1, 0.15) is 81.9 Å². The number of amides is 1. The molecule has 0 radical (unpaired) electrons. The number of rotatable bonds is 7. The second-order valence-corrected chi connectivity index (χ2v) is 8.24. The topological polar surface area (TPSA) is 105 Å². The summed E-state index contributed by atoms with van der Waals surface area (Å²) in [5.41, 5.74) is 11.0. The van der Waals surface area contributed by atoms with Crippen LogP contribution < -0.4 is 16.5 Å². The maximum Gasteiger partial charge on any atom is 0.224 e. The van der Waals surface area contributed by atoms with Crippen LogP contribution in [0.2, 0.25) is 0 Å². The number of aromatic nitrogens is 2. The van der Waals surface area contributed by atoms with Gasteiger partial charge >= 0.3 is 0 Å². The van der Waals surface area contributed by atoms with Gasteiger partial charge < -0.3 is 11.1 Å². The van der Waals surface area contributed by atoms with Gasteiger partial charge in [-0.2, -0.15) is 5.10 Å². The van der Waals surface area contributed by atoms with E-state index in [1.165, 1.54) is 37.7 Å². The molecule has 1 saturated carbocycles. The number of likely N-dealkylation sites (N-methyl/N-ethyl adjacent to an activating group) is 1. The van der Waals surface area contributed by atoms with E-state index < -0.39 is 0 Å². The molecule has 0 saturated heterocycles. The normalized spacial score (nSPS) is 12.8. The zero-order valence-corrected chi connectivity index (χ0v) is 22.8. The number of carbonyl (C=O) groups is 1. The SMILES string of the molecule is CC.CC/C=N\NCN.CNC(=O)Cc1cccc(C)c1.Cc1ccnc(CC2CCCCC2)n1. The summed E-state index contributed by atoms with van der Waals surface area (Å²) in [4.78, 5) is 19.8. The highest BCUT2D eigenvalue weighted by Gasteiger charge is 2.14. The van der Waals surface area contributed by atoms with E-state index in [-0.39, 0.29) is 5.91 Å². The van der Waals surface area contributed by atoms with Gasteiger partial charge in [-0.05, 0) is 37.8 Å². The highest BCUT2D eigenvalue weighted by molar-refractivity contribution is 5.78. The number of nitrogens with one attached hydrogen (secondary N) is 2. The molecule has 3 rings (SSSR count). The number of aryl methyl sites for hydroxylation is 2. The Bertz CT molecular complexity index is 819. The summed E-state index contributed by atoms with van der Waals surface area (Å²) in [7, 11) is 1.65. The average molecular weight is 485 g/mol. The smallest absolute Gasteiger partial charge is 0.224 e. The second kappa shape index (κ2) is 21.7. The molecule has 4 N–H and O–H groups in total. The Morgan fingerprint density at radius 2 is 1.89 bits per heavy atom. The molecule has 1 amide bonds. The van der Waals surface area contributed by atoms with Crippen molar-refractivity contribution in [2.45, 2.75) is 86.0 Å². The fraction of sp³-hybridized carbons (Fsp3) is 0.571. The van der Waals surface area contributed by atoms with Gasteiger partial charge in [0.25, 0.3) is 0 Å². The van der Waals surface area contributed by atoms with Crippen molar-refractivity contribution in [3.63, 3.8) is 0 Å². The van der Waals surface area contributed by atoms with E-state index >= 15 is 0 Å². The summed E-state index contributed by atoms with van der Waals surface area (Å²) in [5.74, 6) is 1.93. The lowest BCUT2D eigenvalue weighted by atomic mass is 9.87. The van der Waals surface area contributed by atoms with Crippen LogP contribution >= 0.6 is 0 Å². The Morgan fingerprint density at radius 1 is 1.17 bits per heavy atom. The van der Waals surface area contributed by atoms with Crippen LogP contribution in [-0.4, -0.2) is 35.8 Å². The minimum absolute atomic E-state index is 0.0561. The first-order valence-corrected chi connectivity index (χ1v) is 13.0. The number of hydrogen-bond acceptors (Lipinski definition) is 6. The van der Waals surface area contributed by atoms with E-state index in [2.05, 4.69) is 25.8 Å². The number of carbonyl (C=O) groups excluding carboxylic acids is 1. The van der Waals surface area contributed by atoms with E-state index in [1.807, 2.05) is 71.1 Å². The third kappa shape index (κ3) is 17.3. The highest BCUT2D eigenvalue weighted by atomic mass is 16.1. The molecule has 1 aromatic heterocycles. The van der Waals surface area contributed by atoms with Crippen molar-refractivity contribution >= 4 is 12.1 Å². The van der Waals surface area contributed by atoms with Gasteiger partial charge in [0.2, 0.25) is 5.91 Å². The zero-order valence-electron chi connectivity index (χ0n) is 22.8. The number of hydrazone groups is 1. The zero-order chi connectivity index (χ0) is 26.3. The first-order chi connectivity index (χ1) is 17.0. The first-order valence-electron chi connectivity index (χ1n) is 13.0. The summed E-state index contributed by atoms with van der Waals surface area (Å²) in [6.45, 7) is 10.5. The molecule has 0 bridgehead atoms. The van der Waals surface area contributed by atoms with Crippen molar-refractivity contribution in [2.75, 3.05) is 13.7 Å². The van der Waals surface area contributed by atoms with E-state index in [0.717, 1.165) is 35.8 Å². The Hall–Kier alpha value is -2.80. The summed E-state index contributed by atoms with van der Waals surface area (Å²) >= 11 is 0. The van der Waals surface area contributed by atoms with Gasteiger partial charge in [-0.15, -0.1) is 0 Å². The van der Waals surface area contributed by atoms with Gasteiger partial charge in [0.1, 0.15) is 5.82 Å². The lowest BCUT2D eigenvalue weighted by Crippen LogP contribution is -2.19. The Kier molecular flexibility index (Phi) is 20.0. The van der Waals surface area contributed by atoms with Crippen molar-refractivity contribution in [3.8, 4) is 0 Å². The molecule has 7 nitrogen and oxygen atoms in total. The van der Waals surface area contributed by atoms with E-state index in [0.29, 0.717) is 13.1 Å². The predicted octanol–water partition coefficient (Wildman–Crippen LogP) is 5.11. The van der Waals surface area contributed by atoms with Crippen molar-refractivity contribution < 1.29 is 4.79 Å². The molecule has 0 aliphatic heterocycles. The molecule has 196 valence electrons. The monoisotopic (exact) mass is 484 g/mol. The van der Waals surface area contributed by atoms with Crippen LogP contribution in [0.15, 0.2) is 41.6 Å². The quantitative estimate of drug-likeness (QED) is 0.288. The molecule has 2 aromatic rings. The van der Waals surface area contributed by atoms with Crippen LogP contribution in [-0.2, 0) is 17.6 Å². The van der Waals surface area contributed by atoms with Crippen LogP contribution in [0.3, 0.4) is 0 Å². The largest absolute Gasteiger partial charge is 0.359 e. The molecule has 0 atom stereocenters. The van der Waals surface area contributed by atoms with Crippen molar-refractivity contribution in [1.82, 2.24) is 20.7 Å². The van der Waals surface area contributed by atoms with Gasteiger partial charge in [0, 0.05) is 31.6 Å². The Labute approximate surface area is 213 Å². The van der Waals surface area contributed by atoms with Crippen molar-refractivity contribution in [2.24, 2.45) is 16.8 Å². The maximum atomic E-state index is 11.0. The molecular weight excluding hydrogens is 436 g/mol. The summed E-state index contributed by atoms with van der Waals surface area (Å²) < 4.78 is 0. The second-order valence-electron chi connectivity index (χ2n) is 8.24. The number of hydrogen-bond donors (Lipinski definition) is 3. The standard InChI is InChI=1S/C12H18N2.C10H13NO.C4H11N3.C2H6/c1-10-7-8-13-12(14-10)9-11-5-3-2-4-6-11;1-8-4-3-5-9(6-8)7-10(12)11-2;1-2-3-6-7-4-5;1-2/h7-8,11H,2-6,9H2,1H3;3-6H,7H2,1-2H3,(H,11,12);3,7H,2,4-5H2,1H3;1-2H3/b;;6-3-;. The third-order valence-electron chi connectivity index (χ3n) is 5.22. The molecule has 1 aliphatic rings. The fourth-order valence-corrected chi connectivity index (χ4v) is 3.55. The summed E-state index contributed by atoms with van der Waals surface area (Å²) in [6.07, 6.45) is 13.1. The third-order valence-corrected chi connectivity index (χ3v) is 5.22. The van der Waals surface area contributed by atoms with Crippen LogP contribution in [0.5, 0.6) is 0 Å². The van der Waals surface area contributed by atoms with Gasteiger partial charge in [-0.25, -0.2) is 9.97 Å². The molecule has 0 unspecified atom stereocenters. The van der Waals surface area contributed by atoms with Crippen LogP contribution in [0, 0.1) is 19.8 Å². The summed E-state index contributed by atoms with van der Waals surface area (Å²) in [5, 5.41) is 6.30. The van der Waals surface area contributed by atoms with E-state index in [1.54, 1.807) is 13.3 Å². The molecule has 1 aliphatic carbocycles. The molecule has 1 heterocycles. The minimum Gasteiger partial charge on any atom is -0.359 e. The lowest BCUT2D eigenvalue weighted by Gasteiger charge is -2.20. The van der Waals surface area contributed by atoms with Gasteiger partial charge in [0.15, 0.2) is 0 Å². The number of nitrogens with two attached hydrogens (primary N) is 1. The average Bonchev–Trinajstić information content (AvgIpc) is 2.87. The van der Waals surface area contributed by atoms with E-state index in [4.69, 9.17) is 5.73 Å². The molecule has 1 fully saturated rings. The number of benzene rings is 1. The van der Waals surface area contributed by atoms with Gasteiger partial charge in [0.05, 0.1) is 13.1 Å². The summed E-state index contributed by atoms with van der Waals surface area (Å²) in [6, 6.07) is 9.93. The molecule has 1 aromatic carbocycles. The lowest BCUT2D eigenvalue weighted by molar-refractivity contribution is -0.119. The predicted molar refractivity (Wildman–Crippen MR) is 148 cm³/mol. The van der Waals surface area contributed by atoms with Crippen LogP contribution in [0.4, 0.5) is 0 Å². The molecule has 0 spiro atoms. The molecule has 7 heteroatoms. The van der Waals surface area contributed by atoms with E-state index in [9.17, 15) is 4.79 Å². The Morgan fingerprint density at radius 3 is 2.46 bits per heavy atom. The number of nitrogens with zero attached hydrogens (tertiary/aromatic N) is 3. The molecule has 35 heavy (non-hydrogen) atoms. The maximum absolute atomic E-state index is 11.0. The van der Waals surface area contributed by atoms with Crippen molar-refractivity contribution in [1.29, 1.82) is 0 Å².